The maximum absolute atomic E-state index is 9.01. The van der Waals surface area contributed by atoms with Gasteiger partial charge in [0.2, 0.25) is 0 Å². The van der Waals surface area contributed by atoms with E-state index in [1.54, 1.807) is 16.9 Å². The first-order chi connectivity index (χ1) is 9.38. The monoisotopic (exact) mass is 263 g/mol. The summed E-state index contributed by atoms with van der Waals surface area (Å²) in [7, 11) is 0. The van der Waals surface area contributed by atoms with E-state index in [2.05, 4.69) is 30.3 Å². The van der Waals surface area contributed by atoms with Gasteiger partial charge >= 0.3 is 0 Å². The second kappa shape index (κ2) is 5.45. The fourth-order valence-corrected chi connectivity index (χ4v) is 2.44. The predicted molar refractivity (Wildman–Crippen MR) is 68.9 cm³/mol. The van der Waals surface area contributed by atoms with Crippen molar-refractivity contribution in [2.24, 2.45) is 0 Å². The highest BCUT2D eigenvalue weighted by Crippen LogP contribution is 2.15. The molecular formula is C11H17N7O. The topological polar surface area (TPSA) is 82.7 Å². The molecule has 0 unspecified atom stereocenters. The summed E-state index contributed by atoms with van der Waals surface area (Å²) in [5.41, 5.74) is 0.661. The number of aromatic nitrogens is 5. The molecule has 0 aliphatic carbocycles. The normalized spacial score (nSPS) is 17.8. The zero-order valence-electron chi connectivity index (χ0n) is 10.7. The summed E-state index contributed by atoms with van der Waals surface area (Å²) >= 11 is 0. The highest BCUT2D eigenvalue weighted by Gasteiger charge is 2.17. The molecule has 0 radical (unpaired) electrons. The number of aliphatic hydroxyl groups excluding tert-OH is 1. The van der Waals surface area contributed by atoms with Crippen molar-refractivity contribution in [2.45, 2.75) is 6.42 Å². The summed E-state index contributed by atoms with van der Waals surface area (Å²) in [6, 6.07) is 0. The zero-order valence-corrected chi connectivity index (χ0v) is 10.7. The summed E-state index contributed by atoms with van der Waals surface area (Å²) in [6.45, 7) is 4.73. The van der Waals surface area contributed by atoms with Gasteiger partial charge in [-0.15, -0.1) is 5.10 Å². The highest BCUT2D eigenvalue weighted by atomic mass is 16.3. The molecule has 0 amide bonds. The minimum absolute atomic E-state index is 0.212. The van der Waals surface area contributed by atoms with Crippen molar-refractivity contribution in [1.82, 2.24) is 29.9 Å². The summed E-state index contributed by atoms with van der Waals surface area (Å²) < 4.78 is 1.72. The van der Waals surface area contributed by atoms with Crippen LogP contribution in [-0.2, 0) is 0 Å². The Balaban J connectivity index is 1.80. The van der Waals surface area contributed by atoms with Crippen molar-refractivity contribution < 1.29 is 5.11 Å². The quantitative estimate of drug-likeness (QED) is 0.762. The van der Waals surface area contributed by atoms with Gasteiger partial charge in [-0.05, 0) is 23.4 Å². The van der Waals surface area contributed by atoms with Crippen LogP contribution in [0.3, 0.4) is 0 Å². The van der Waals surface area contributed by atoms with E-state index in [9.17, 15) is 0 Å². The Bertz CT molecular complexity index is 543. The van der Waals surface area contributed by atoms with E-state index >= 15 is 0 Å². The number of hydrogen-bond acceptors (Lipinski definition) is 7. The molecule has 0 spiro atoms. The molecule has 8 nitrogen and oxygen atoms in total. The smallest absolute Gasteiger partial charge is 0.199 e. The molecule has 0 bridgehead atoms. The standard InChI is InChI=1S/C11H17N7O/c19-7-6-16-2-1-3-17(5-4-16)11-9-12-8-10-13-14-15-18(10)11/h8-9,19H,1-7H2. The van der Waals surface area contributed by atoms with Crippen LogP contribution in [0.25, 0.3) is 5.65 Å². The van der Waals surface area contributed by atoms with Crippen molar-refractivity contribution in [1.29, 1.82) is 0 Å². The lowest BCUT2D eigenvalue weighted by atomic mass is 10.4. The van der Waals surface area contributed by atoms with Crippen molar-refractivity contribution in [3.05, 3.63) is 12.4 Å². The van der Waals surface area contributed by atoms with Gasteiger partial charge in [-0.3, -0.25) is 9.88 Å². The van der Waals surface area contributed by atoms with E-state index in [1.165, 1.54) is 0 Å². The molecule has 19 heavy (non-hydrogen) atoms. The van der Waals surface area contributed by atoms with E-state index in [0.29, 0.717) is 5.65 Å². The van der Waals surface area contributed by atoms with Crippen LogP contribution >= 0.6 is 0 Å². The molecule has 2 aromatic rings. The summed E-state index contributed by atoms with van der Waals surface area (Å²) in [6.07, 6.45) is 4.50. The number of fused-ring (bicyclic) bond motifs is 1. The Hall–Kier alpha value is -1.80. The minimum Gasteiger partial charge on any atom is -0.395 e. The third-order valence-corrected chi connectivity index (χ3v) is 3.42. The van der Waals surface area contributed by atoms with Gasteiger partial charge in [-0.2, -0.15) is 4.52 Å². The van der Waals surface area contributed by atoms with Crippen LogP contribution in [0.4, 0.5) is 5.82 Å². The van der Waals surface area contributed by atoms with E-state index < -0.39 is 0 Å². The Labute approximate surface area is 110 Å². The molecule has 3 rings (SSSR count). The van der Waals surface area contributed by atoms with Gasteiger partial charge in [0.05, 0.1) is 19.0 Å². The molecule has 1 saturated heterocycles. The molecule has 1 fully saturated rings. The Morgan fingerprint density at radius 1 is 1.16 bits per heavy atom. The van der Waals surface area contributed by atoms with Crippen molar-refractivity contribution in [2.75, 3.05) is 44.2 Å². The van der Waals surface area contributed by atoms with Gasteiger partial charge in [-0.25, -0.2) is 0 Å². The maximum atomic E-state index is 9.01. The summed E-state index contributed by atoms with van der Waals surface area (Å²) in [5.74, 6) is 0.924. The fraction of sp³-hybridized carbons (Fsp3) is 0.636. The average Bonchev–Trinajstić information content (AvgIpc) is 2.79. The lowest BCUT2D eigenvalue weighted by Crippen LogP contribution is -2.33. The van der Waals surface area contributed by atoms with Gasteiger partial charge in [0.25, 0.3) is 0 Å². The fourth-order valence-electron chi connectivity index (χ4n) is 2.44. The van der Waals surface area contributed by atoms with Gasteiger partial charge in [0.15, 0.2) is 11.5 Å². The van der Waals surface area contributed by atoms with Crippen molar-refractivity contribution in [3.63, 3.8) is 0 Å². The van der Waals surface area contributed by atoms with E-state index in [0.717, 1.165) is 45.0 Å². The van der Waals surface area contributed by atoms with Gasteiger partial charge < -0.3 is 10.0 Å². The summed E-state index contributed by atoms with van der Waals surface area (Å²) in [5, 5.41) is 20.6. The SMILES string of the molecule is OCCN1CCCN(c2cncc3nnnn23)CC1. The Kier molecular flexibility index (Phi) is 3.51. The third-order valence-electron chi connectivity index (χ3n) is 3.42. The number of tetrazole rings is 1. The number of anilines is 1. The molecule has 102 valence electrons. The molecule has 2 aromatic heterocycles. The van der Waals surface area contributed by atoms with Crippen LogP contribution in [0.2, 0.25) is 0 Å². The average molecular weight is 263 g/mol. The Morgan fingerprint density at radius 3 is 3.00 bits per heavy atom. The number of β-amino-alcohol motifs (C(OH)–C–C–N with tert-alkyl or cyclic N) is 1. The van der Waals surface area contributed by atoms with Gasteiger partial charge in [0.1, 0.15) is 0 Å². The third kappa shape index (κ3) is 2.49. The first-order valence-corrected chi connectivity index (χ1v) is 6.49. The first-order valence-electron chi connectivity index (χ1n) is 6.49. The van der Waals surface area contributed by atoms with Crippen LogP contribution in [0.15, 0.2) is 12.4 Å². The second-order valence-electron chi connectivity index (χ2n) is 4.62. The molecule has 1 aliphatic heterocycles. The molecule has 0 aromatic carbocycles. The zero-order chi connectivity index (χ0) is 13.1. The number of aliphatic hydroxyl groups is 1. The maximum Gasteiger partial charge on any atom is 0.199 e. The molecular weight excluding hydrogens is 246 g/mol. The van der Waals surface area contributed by atoms with E-state index in [4.69, 9.17) is 5.11 Å². The van der Waals surface area contributed by atoms with Crippen LogP contribution in [0.5, 0.6) is 0 Å². The van der Waals surface area contributed by atoms with Crippen molar-refractivity contribution in [3.8, 4) is 0 Å². The molecule has 3 heterocycles. The molecule has 0 atom stereocenters. The van der Waals surface area contributed by atoms with Crippen LogP contribution in [0, 0.1) is 0 Å². The van der Waals surface area contributed by atoms with Crippen LogP contribution in [0.1, 0.15) is 6.42 Å². The number of nitrogens with zero attached hydrogens (tertiary/aromatic N) is 7. The largest absolute Gasteiger partial charge is 0.395 e. The van der Waals surface area contributed by atoms with Gasteiger partial charge in [0, 0.05) is 26.2 Å². The molecule has 0 saturated carbocycles. The van der Waals surface area contributed by atoms with Gasteiger partial charge in [-0.1, -0.05) is 0 Å². The lowest BCUT2D eigenvalue weighted by Gasteiger charge is -2.22. The minimum atomic E-state index is 0.212. The molecule has 1 N–H and O–H groups in total. The van der Waals surface area contributed by atoms with Crippen molar-refractivity contribution >= 4 is 11.5 Å². The number of rotatable bonds is 3. The predicted octanol–water partition coefficient (Wildman–Crippen LogP) is -0.976. The van der Waals surface area contributed by atoms with Crippen LogP contribution < -0.4 is 4.90 Å². The lowest BCUT2D eigenvalue weighted by molar-refractivity contribution is 0.204. The second-order valence-corrected chi connectivity index (χ2v) is 4.62. The summed E-state index contributed by atoms with van der Waals surface area (Å²) in [4.78, 5) is 8.70. The molecule has 1 aliphatic rings. The van der Waals surface area contributed by atoms with E-state index in [1.807, 2.05) is 0 Å². The van der Waals surface area contributed by atoms with E-state index in [-0.39, 0.29) is 6.61 Å². The molecule has 8 heteroatoms. The highest BCUT2D eigenvalue weighted by molar-refractivity contribution is 5.46. The van der Waals surface area contributed by atoms with Crippen LogP contribution in [-0.4, -0.2) is 74.4 Å². The number of hydrogen-bond donors (Lipinski definition) is 1. The first kappa shape index (κ1) is 12.2. The Morgan fingerprint density at radius 2 is 2.11 bits per heavy atom.